The molecule has 4 aromatic carbocycles. The smallest absolute Gasteiger partial charge is 0.337 e. The molecule has 1 amide bonds. The number of ether oxygens (including phenoxy) is 12. The molecule has 8 rings (SSSR count). The van der Waals surface area contributed by atoms with E-state index in [0.29, 0.717) is 121 Å². The van der Waals surface area contributed by atoms with Crippen LogP contribution in [-0.2, 0) is 94.7 Å². The number of methoxy groups -OCH3 is 1. The highest BCUT2D eigenvalue weighted by Gasteiger charge is 2.21. The number of nitrogens with two attached hydrogens (primary N) is 1. The lowest BCUT2D eigenvalue weighted by atomic mass is 10.0. The number of aromatic nitrogens is 3. The summed E-state index contributed by atoms with van der Waals surface area (Å²) < 4.78 is 62.6. The lowest BCUT2D eigenvalue weighted by Gasteiger charge is -2.09. The van der Waals surface area contributed by atoms with Crippen LogP contribution in [0.3, 0.4) is 0 Å². The fourth-order valence-corrected chi connectivity index (χ4v) is 9.47. The molecule has 780 valence electrons. The van der Waals surface area contributed by atoms with Gasteiger partial charge in [0.25, 0.3) is 0 Å². The lowest BCUT2D eigenvalue weighted by molar-refractivity contribution is -0.123. The van der Waals surface area contributed by atoms with Crippen LogP contribution < -0.4 is 5.73 Å². The third-order valence-corrected chi connectivity index (χ3v) is 16.2. The molecule has 0 saturated heterocycles. The number of primary amides is 1. The van der Waals surface area contributed by atoms with Crippen LogP contribution in [0.15, 0.2) is 152 Å². The molecule has 25 heteroatoms. The molecule has 25 nitrogen and oxygen atoms in total. The number of benzene rings is 4. The molecule has 1 aliphatic carbocycles. The van der Waals surface area contributed by atoms with E-state index in [0.717, 1.165) is 96.5 Å². The van der Waals surface area contributed by atoms with E-state index in [4.69, 9.17) is 96.0 Å². The van der Waals surface area contributed by atoms with Gasteiger partial charge in [-0.05, 0) is 335 Å². The number of nitriles is 6. The fourth-order valence-electron chi connectivity index (χ4n) is 9.47. The molecule has 0 spiro atoms. The predicted octanol–water partition coefficient (Wildman–Crippen LogP) is 27.8. The molecule has 1 aliphatic rings. The third-order valence-electron chi connectivity index (χ3n) is 16.2. The van der Waals surface area contributed by atoms with Gasteiger partial charge < -0.3 is 62.6 Å². The average Bonchev–Trinajstić information content (AvgIpc) is 1.15. The van der Waals surface area contributed by atoms with Crippen molar-refractivity contribution in [2.75, 3.05) is 40.1 Å². The minimum atomic E-state index is -0.418. The van der Waals surface area contributed by atoms with Crippen molar-refractivity contribution in [3.8, 4) is 36.4 Å². The Balaban J connectivity index is -0.000000275. The summed E-state index contributed by atoms with van der Waals surface area (Å²) >= 11 is 0. The van der Waals surface area contributed by atoms with E-state index in [-0.39, 0.29) is 56.6 Å². The van der Waals surface area contributed by atoms with Crippen LogP contribution in [0.5, 0.6) is 0 Å². The molecule has 7 aromatic rings. The van der Waals surface area contributed by atoms with E-state index in [9.17, 15) is 9.59 Å². The van der Waals surface area contributed by atoms with Gasteiger partial charge in [-0.3, -0.25) is 19.7 Å². The number of nitrogens with zero attached hydrogens (tertiary/aromatic N) is 10. The molecule has 1 saturated carbocycles. The first-order valence-electron chi connectivity index (χ1n) is 48.7. The molecule has 1 fully saturated rings. The summed E-state index contributed by atoms with van der Waals surface area (Å²) in [5.74, 6) is 1.96. The number of hydrogen-bond acceptors (Lipinski definition) is 23. The minimum absolute atomic E-state index is 0. The van der Waals surface area contributed by atoms with Gasteiger partial charge >= 0.3 is 5.97 Å². The van der Waals surface area contributed by atoms with Crippen LogP contribution in [-0.4, -0.2) is 140 Å². The Bertz CT molecular complexity index is 4310. The number of amides is 1. The molecule has 0 bridgehead atoms. The topological polar surface area (TPSA) is 357 Å². The van der Waals surface area contributed by atoms with Crippen molar-refractivity contribution >= 4 is 17.6 Å². The van der Waals surface area contributed by atoms with Gasteiger partial charge in [-0.2, -0.15) is 31.6 Å². The van der Waals surface area contributed by atoms with Crippen LogP contribution >= 0.6 is 0 Å². The molecule has 3 heterocycles. The summed E-state index contributed by atoms with van der Waals surface area (Å²) in [6.45, 7) is 80.2. The molecular formula is C115H181N11O14. The van der Waals surface area contributed by atoms with Crippen LogP contribution in [0.4, 0.5) is 5.69 Å². The van der Waals surface area contributed by atoms with Gasteiger partial charge in [-0.1, -0.05) is 111 Å². The number of rotatable bonds is 36. The summed E-state index contributed by atoms with van der Waals surface area (Å²) in [5, 5.41) is 51.4. The number of carbonyl (C=O) groups excluding carboxylic acids is 2. The van der Waals surface area contributed by atoms with Crippen molar-refractivity contribution in [3.63, 3.8) is 0 Å². The van der Waals surface area contributed by atoms with Crippen LogP contribution in [0.1, 0.15) is 363 Å². The van der Waals surface area contributed by atoms with E-state index in [2.05, 4.69) is 132 Å². The van der Waals surface area contributed by atoms with Crippen molar-refractivity contribution in [1.82, 2.24) is 15.0 Å². The van der Waals surface area contributed by atoms with Gasteiger partial charge in [0.05, 0.1) is 172 Å². The standard InChI is InChI=1S/C12H12N2O.C12H16O3.C11H13NO.C10H12N2O.C10H11N.C9H10N2.C9H13NO.C8H15NO.C7H14O.2C6H14O.C5H11NO2.C5H12O.C4H10.CH4/c1-9(2)15-8-11-4-10(7-13)5-12(6-11)14-3;1-9(2)15-8-10-5-4-6-11(7-10)12(13)14-3;1-9(2)13-8-11-5-3-4-10(6-11)7-12;1-8(2)13-7-10-3-9(4-11)5-12-6-10;1-8(2)10-5-3-4-9(6-10)7-11;1-7(2)9-3-8(4-10)5-11-6-9;1-8(2)11-7-9-4-3-5-10-6-9;1-8(2)10-7-5-3-4-6-9;1-6(2)8-5-7-3-4-7;1-5(2)7-6(3)4;1-4-5-7-6(2)3;1-4(2)8-3-5(6)7;1-4-6-5(2)3;1-4(2)3;/h4-6,9H,8H2,1-2H3;4-7,9H,8H2,1-3H3;3-6,9H,8H2,1-2H3;3,5-6,8H,7H2,1-2H3;3-6,8H,1-2H3;3,5-7H,1-2H3;3-6,8H,7H2,1-2H3;8H,3-5,7H2,1-2H3;6-7H,3-5H2,1-2H3;5-6H,1-4H3;6H,4-5H2,1-3H3;4H,3H2,1-2H3,(H2,6,7);5H,4H2,1-3H3;4H,1-3H3;1H4. The van der Waals surface area contributed by atoms with Crippen LogP contribution in [0.2, 0.25) is 0 Å². The van der Waals surface area contributed by atoms with E-state index >= 15 is 0 Å². The van der Waals surface area contributed by atoms with E-state index in [1.165, 1.54) is 25.5 Å². The first kappa shape index (κ1) is 142. The molecule has 3 aromatic heterocycles. The Morgan fingerprint density at radius 1 is 0.400 bits per heavy atom. The summed E-state index contributed by atoms with van der Waals surface area (Å²) in [6, 6.07) is 47.6. The van der Waals surface area contributed by atoms with Crippen molar-refractivity contribution in [2.45, 2.75) is 393 Å². The van der Waals surface area contributed by atoms with Gasteiger partial charge in [0.1, 0.15) is 18.7 Å². The number of pyridine rings is 3. The van der Waals surface area contributed by atoms with Crippen molar-refractivity contribution < 1.29 is 66.4 Å². The highest BCUT2D eigenvalue weighted by Crippen LogP contribution is 2.29. The number of carbonyl (C=O) groups is 2. The van der Waals surface area contributed by atoms with Crippen LogP contribution in [0, 0.1) is 86.4 Å². The van der Waals surface area contributed by atoms with Crippen molar-refractivity contribution in [3.05, 3.63) is 236 Å². The Labute approximate surface area is 848 Å². The second-order valence-corrected chi connectivity index (χ2v) is 36.2. The monoisotopic (exact) mass is 1940 g/mol. The zero-order valence-electron chi connectivity index (χ0n) is 91.3. The second-order valence-electron chi connectivity index (χ2n) is 36.2. The predicted molar refractivity (Wildman–Crippen MR) is 569 cm³/mol. The minimum Gasteiger partial charge on any atom is -0.465 e. The van der Waals surface area contributed by atoms with E-state index in [1.807, 2.05) is 237 Å². The quantitative estimate of drug-likeness (QED) is 0.0216. The van der Waals surface area contributed by atoms with Gasteiger partial charge in [0.2, 0.25) is 5.91 Å². The maximum absolute atomic E-state index is 11.2. The van der Waals surface area contributed by atoms with Gasteiger partial charge in [-0.25, -0.2) is 9.64 Å². The number of esters is 1. The lowest BCUT2D eigenvalue weighted by Crippen LogP contribution is -2.20. The van der Waals surface area contributed by atoms with Gasteiger partial charge in [0.15, 0.2) is 5.69 Å². The Kier molecular flexibility index (Phi) is 96.0. The molecule has 2 N–H and O–H groups in total. The zero-order valence-corrected chi connectivity index (χ0v) is 91.3. The Morgan fingerprint density at radius 3 is 1.17 bits per heavy atom. The van der Waals surface area contributed by atoms with Crippen molar-refractivity contribution in [1.29, 1.82) is 31.6 Å². The van der Waals surface area contributed by atoms with Crippen molar-refractivity contribution in [2.24, 2.45) is 17.6 Å². The molecule has 0 radical (unpaired) electrons. The largest absolute Gasteiger partial charge is 0.465 e. The van der Waals surface area contributed by atoms with Gasteiger partial charge in [0, 0.05) is 75.6 Å². The van der Waals surface area contributed by atoms with E-state index in [1.54, 1.807) is 73.4 Å². The maximum Gasteiger partial charge on any atom is 0.337 e. The second kappa shape index (κ2) is 94.5. The Hall–Kier alpha value is -10.7. The van der Waals surface area contributed by atoms with Crippen LogP contribution in [0.25, 0.3) is 4.85 Å². The molecule has 0 aliphatic heterocycles. The number of hydrogen-bond donors (Lipinski definition) is 1. The van der Waals surface area contributed by atoms with E-state index < -0.39 is 5.91 Å². The summed E-state index contributed by atoms with van der Waals surface area (Å²) in [5.41, 5.74) is 16.3. The normalized spacial score (nSPS) is 10.5. The summed E-state index contributed by atoms with van der Waals surface area (Å²) in [6.07, 6.45) is 20.2. The summed E-state index contributed by atoms with van der Waals surface area (Å²) in [4.78, 5) is 36.4. The molecule has 140 heavy (non-hydrogen) atoms. The molecule has 0 atom stereocenters. The third kappa shape index (κ3) is 102. The fraction of sp³-hybridized carbons (Fsp3) is 0.583. The van der Waals surface area contributed by atoms with Gasteiger partial charge in [-0.15, -0.1) is 0 Å². The SMILES string of the molecule is C.CC(C)C.CC(C)OC(C)C.CC(C)OCC(N)=O.CC(C)OCC1CC1.CC(C)OCCCCC#N.CC(C)OCc1cccc(C#N)c1.CC(C)OCc1cccnc1.CC(C)OCc1cncc(C#N)c1.CC(C)c1cccc(C#N)c1.CC(C)c1cncc(C#N)c1.CCCOC(C)C.CCOC(C)C.COC(=O)c1cccc(COC(C)C)c1.[C-]#[N+]c1cc(C#N)cc(COC(C)C)c1. The molecular weight excluding hydrogens is 1760 g/mol. The average molecular weight is 1940 g/mol. The Morgan fingerprint density at radius 2 is 0.793 bits per heavy atom. The first-order chi connectivity index (χ1) is 65.6. The number of unbranched alkanes of at least 4 members (excludes halogenated alkanes) is 2. The maximum atomic E-state index is 11.2. The zero-order chi connectivity index (χ0) is 107. The summed E-state index contributed by atoms with van der Waals surface area (Å²) in [7, 11) is 1.37. The molecule has 0 unspecified atom stereocenters. The first-order valence-corrected chi connectivity index (χ1v) is 48.7. The highest BCUT2D eigenvalue weighted by molar-refractivity contribution is 5.89. The highest BCUT2D eigenvalue weighted by atomic mass is 16.5.